The average molecular weight is 333 g/mol. The summed E-state index contributed by atoms with van der Waals surface area (Å²) in [6.07, 6.45) is 6.96. The molecule has 0 aliphatic carbocycles. The summed E-state index contributed by atoms with van der Waals surface area (Å²) < 4.78 is 11.0. The van der Waals surface area contributed by atoms with Gasteiger partial charge in [-0.3, -0.25) is 0 Å². The Morgan fingerprint density at radius 1 is 1.17 bits per heavy atom. The average Bonchev–Trinajstić information content (AvgIpc) is 2.61. The zero-order valence-corrected chi connectivity index (χ0v) is 15.1. The van der Waals surface area contributed by atoms with Gasteiger partial charge < -0.3 is 14.4 Å². The highest BCUT2D eigenvalue weighted by Gasteiger charge is 2.17. The van der Waals surface area contributed by atoms with Gasteiger partial charge in [-0.05, 0) is 63.4 Å². The Morgan fingerprint density at radius 2 is 1.96 bits per heavy atom. The van der Waals surface area contributed by atoms with E-state index in [1.54, 1.807) is 12.1 Å². The molecule has 1 fully saturated rings. The molecule has 1 aliphatic heterocycles. The number of esters is 1. The minimum atomic E-state index is -0.248. The van der Waals surface area contributed by atoms with Crippen molar-refractivity contribution in [3.8, 4) is 5.75 Å². The fourth-order valence-corrected chi connectivity index (χ4v) is 3.03. The summed E-state index contributed by atoms with van der Waals surface area (Å²) in [7, 11) is 0. The van der Waals surface area contributed by atoms with Crippen LogP contribution in [0.3, 0.4) is 0 Å². The molecule has 0 bridgehead atoms. The Kier molecular flexibility index (Phi) is 8.10. The molecule has 1 atom stereocenters. The van der Waals surface area contributed by atoms with Gasteiger partial charge in [-0.1, -0.05) is 19.8 Å². The molecular formula is C20H31NO3. The lowest BCUT2D eigenvalue weighted by atomic mass is 10.0. The predicted octanol–water partition coefficient (Wildman–Crippen LogP) is 4.29. The van der Waals surface area contributed by atoms with Crippen molar-refractivity contribution < 1.29 is 14.3 Å². The number of hydrogen-bond acceptors (Lipinski definition) is 4. The summed E-state index contributed by atoms with van der Waals surface area (Å²) >= 11 is 0. The molecule has 1 aromatic carbocycles. The largest absolute Gasteiger partial charge is 0.494 e. The number of carbonyl (C=O) groups excluding carboxylic acids is 1. The van der Waals surface area contributed by atoms with Crippen LogP contribution in [0.1, 0.15) is 62.7 Å². The first-order valence-electron chi connectivity index (χ1n) is 9.34. The van der Waals surface area contributed by atoms with Gasteiger partial charge in [-0.15, -0.1) is 0 Å². The van der Waals surface area contributed by atoms with Crippen LogP contribution in [0.4, 0.5) is 0 Å². The smallest absolute Gasteiger partial charge is 0.338 e. The van der Waals surface area contributed by atoms with E-state index in [-0.39, 0.29) is 5.97 Å². The molecule has 0 aromatic heterocycles. The Bertz CT molecular complexity index is 486. The van der Waals surface area contributed by atoms with E-state index in [1.807, 2.05) is 12.1 Å². The molecule has 134 valence electrons. The molecule has 24 heavy (non-hydrogen) atoms. The second kappa shape index (κ2) is 10.3. The van der Waals surface area contributed by atoms with Gasteiger partial charge in [0.05, 0.1) is 18.8 Å². The number of unbranched alkanes of at least 4 members (excludes halogenated alkanes) is 1. The van der Waals surface area contributed by atoms with Crippen LogP contribution >= 0.6 is 0 Å². The van der Waals surface area contributed by atoms with E-state index in [4.69, 9.17) is 9.47 Å². The van der Waals surface area contributed by atoms with E-state index in [2.05, 4.69) is 18.7 Å². The van der Waals surface area contributed by atoms with E-state index < -0.39 is 0 Å². The molecule has 1 heterocycles. The molecule has 0 saturated carbocycles. The van der Waals surface area contributed by atoms with Gasteiger partial charge in [0.25, 0.3) is 0 Å². The molecule has 1 aromatic rings. The van der Waals surface area contributed by atoms with Crippen LogP contribution in [0, 0.1) is 0 Å². The molecule has 0 radical (unpaired) electrons. The molecule has 4 nitrogen and oxygen atoms in total. The monoisotopic (exact) mass is 333 g/mol. The topological polar surface area (TPSA) is 38.8 Å². The minimum absolute atomic E-state index is 0.248. The number of benzene rings is 1. The molecule has 0 N–H and O–H groups in total. The van der Waals surface area contributed by atoms with Gasteiger partial charge in [0, 0.05) is 12.6 Å². The van der Waals surface area contributed by atoms with E-state index in [0.29, 0.717) is 18.2 Å². The summed E-state index contributed by atoms with van der Waals surface area (Å²) in [4.78, 5) is 14.6. The molecule has 1 saturated heterocycles. The fraction of sp³-hybridized carbons (Fsp3) is 0.650. The molecule has 1 aliphatic rings. The summed E-state index contributed by atoms with van der Waals surface area (Å²) in [6.45, 7) is 7.81. The third kappa shape index (κ3) is 6.16. The number of hydrogen-bond donors (Lipinski definition) is 0. The van der Waals surface area contributed by atoms with Gasteiger partial charge in [-0.25, -0.2) is 4.79 Å². The zero-order chi connectivity index (χ0) is 17.2. The maximum absolute atomic E-state index is 12.1. The molecule has 0 spiro atoms. The summed E-state index contributed by atoms with van der Waals surface area (Å²) in [5.74, 6) is 0.556. The molecule has 0 amide bonds. The van der Waals surface area contributed by atoms with Crippen LogP contribution in [0.15, 0.2) is 24.3 Å². The van der Waals surface area contributed by atoms with Crippen molar-refractivity contribution in [1.29, 1.82) is 0 Å². The van der Waals surface area contributed by atoms with Crippen molar-refractivity contribution in [2.45, 2.75) is 58.4 Å². The lowest BCUT2D eigenvalue weighted by Gasteiger charge is -2.33. The number of nitrogens with zero attached hydrogens (tertiary/aromatic N) is 1. The highest BCUT2D eigenvalue weighted by molar-refractivity contribution is 5.89. The number of rotatable bonds is 9. The van der Waals surface area contributed by atoms with Gasteiger partial charge in [-0.2, -0.15) is 0 Å². The molecule has 2 rings (SSSR count). The van der Waals surface area contributed by atoms with Crippen LogP contribution in [0.5, 0.6) is 5.75 Å². The van der Waals surface area contributed by atoms with Gasteiger partial charge >= 0.3 is 5.97 Å². The molecular weight excluding hydrogens is 302 g/mol. The SMILES string of the molecule is CCCCOc1ccc(C(=O)OCCCN2CCCCC2C)cc1. The van der Waals surface area contributed by atoms with Crippen LogP contribution in [0.2, 0.25) is 0 Å². The second-order valence-corrected chi connectivity index (χ2v) is 6.60. The minimum Gasteiger partial charge on any atom is -0.494 e. The lowest BCUT2D eigenvalue weighted by molar-refractivity contribution is 0.0475. The van der Waals surface area contributed by atoms with Gasteiger partial charge in [0.2, 0.25) is 0 Å². The quantitative estimate of drug-likeness (QED) is 0.499. The Hall–Kier alpha value is -1.55. The van der Waals surface area contributed by atoms with Crippen molar-refractivity contribution in [3.05, 3.63) is 29.8 Å². The van der Waals surface area contributed by atoms with Crippen LogP contribution < -0.4 is 4.74 Å². The van der Waals surface area contributed by atoms with Crippen molar-refractivity contribution in [1.82, 2.24) is 4.90 Å². The number of carbonyl (C=O) groups is 1. The van der Waals surface area contributed by atoms with Crippen molar-refractivity contribution >= 4 is 5.97 Å². The maximum Gasteiger partial charge on any atom is 0.338 e. The summed E-state index contributed by atoms with van der Waals surface area (Å²) in [5, 5.41) is 0. The predicted molar refractivity (Wildman–Crippen MR) is 96.6 cm³/mol. The van der Waals surface area contributed by atoms with E-state index in [9.17, 15) is 4.79 Å². The Labute approximate surface area is 146 Å². The van der Waals surface area contributed by atoms with Crippen LogP contribution in [-0.2, 0) is 4.74 Å². The number of piperidine rings is 1. The highest BCUT2D eigenvalue weighted by atomic mass is 16.5. The van der Waals surface area contributed by atoms with Crippen molar-refractivity contribution in [3.63, 3.8) is 0 Å². The molecule has 4 heteroatoms. The van der Waals surface area contributed by atoms with E-state index >= 15 is 0 Å². The number of likely N-dealkylation sites (tertiary alicyclic amines) is 1. The van der Waals surface area contributed by atoms with Gasteiger partial charge in [0.15, 0.2) is 0 Å². The Balaban J connectivity index is 1.66. The number of ether oxygens (including phenoxy) is 2. The normalized spacial score (nSPS) is 18.3. The van der Waals surface area contributed by atoms with Gasteiger partial charge in [0.1, 0.15) is 5.75 Å². The van der Waals surface area contributed by atoms with E-state index in [1.165, 1.54) is 25.8 Å². The summed E-state index contributed by atoms with van der Waals surface area (Å²) in [5.41, 5.74) is 0.587. The summed E-state index contributed by atoms with van der Waals surface area (Å²) in [6, 6.07) is 7.88. The molecule has 1 unspecified atom stereocenters. The van der Waals surface area contributed by atoms with E-state index in [0.717, 1.165) is 38.2 Å². The van der Waals surface area contributed by atoms with Crippen LogP contribution in [-0.4, -0.2) is 43.2 Å². The first-order chi connectivity index (χ1) is 11.7. The second-order valence-electron chi connectivity index (χ2n) is 6.60. The standard InChI is InChI=1S/C20H31NO3/c1-3-4-15-23-19-11-9-18(10-12-19)20(22)24-16-7-14-21-13-6-5-8-17(21)2/h9-12,17H,3-8,13-16H2,1-2H3. The van der Waals surface area contributed by atoms with Crippen molar-refractivity contribution in [2.75, 3.05) is 26.3 Å². The first-order valence-corrected chi connectivity index (χ1v) is 9.34. The van der Waals surface area contributed by atoms with Crippen LogP contribution in [0.25, 0.3) is 0 Å². The third-order valence-corrected chi connectivity index (χ3v) is 4.62. The third-order valence-electron chi connectivity index (χ3n) is 4.62. The van der Waals surface area contributed by atoms with Crippen molar-refractivity contribution in [2.24, 2.45) is 0 Å². The first kappa shape index (κ1) is 18.8. The zero-order valence-electron chi connectivity index (χ0n) is 15.1. The lowest BCUT2D eigenvalue weighted by Crippen LogP contribution is -2.38. The Morgan fingerprint density at radius 3 is 2.67 bits per heavy atom. The highest BCUT2D eigenvalue weighted by Crippen LogP contribution is 2.17. The fourth-order valence-electron chi connectivity index (χ4n) is 3.03. The maximum atomic E-state index is 12.1.